The second kappa shape index (κ2) is 16.7. The molecular weight excluding hydrogens is 248 g/mol. The fourth-order valence-electron chi connectivity index (χ4n) is 2.55. The second-order valence-electron chi connectivity index (χ2n) is 6.00. The molecule has 0 aromatic carbocycles. The van der Waals surface area contributed by atoms with Gasteiger partial charge in [-0.1, -0.05) is 71.1 Å². The normalized spacial score (nSPS) is 10.9. The average Bonchev–Trinajstić information content (AvgIpc) is 2.45. The van der Waals surface area contributed by atoms with Crippen molar-refractivity contribution in [2.24, 2.45) is 0 Å². The molecule has 0 spiro atoms. The van der Waals surface area contributed by atoms with E-state index >= 15 is 0 Å². The zero-order valence-electron chi connectivity index (χ0n) is 13.7. The molecule has 0 fully saturated rings. The van der Waals surface area contributed by atoms with Crippen molar-refractivity contribution in [3.8, 4) is 0 Å². The van der Waals surface area contributed by atoms with Crippen LogP contribution in [0.2, 0.25) is 0 Å². The van der Waals surface area contributed by atoms with Crippen molar-refractivity contribution in [3.05, 3.63) is 0 Å². The van der Waals surface area contributed by atoms with E-state index in [-0.39, 0.29) is 0 Å². The fraction of sp³-hybridized carbons (Fsp3) is 0.944. The van der Waals surface area contributed by atoms with Gasteiger partial charge in [-0.2, -0.15) is 0 Å². The van der Waals surface area contributed by atoms with Crippen molar-refractivity contribution < 1.29 is 9.90 Å². The van der Waals surface area contributed by atoms with Crippen LogP contribution in [0.15, 0.2) is 0 Å². The largest absolute Gasteiger partial charge is 0.396 e. The van der Waals surface area contributed by atoms with Crippen molar-refractivity contribution in [3.63, 3.8) is 0 Å². The van der Waals surface area contributed by atoms with Gasteiger partial charge in [-0.05, 0) is 19.3 Å². The van der Waals surface area contributed by atoms with Crippen LogP contribution in [-0.4, -0.2) is 17.5 Å². The molecule has 0 aromatic rings. The van der Waals surface area contributed by atoms with Crippen molar-refractivity contribution in [1.82, 2.24) is 0 Å². The minimum absolute atomic E-state index is 0.340. The lowest BCUT2D eigenvalue weighted by atomic mass is 10.0. The Hall–Kier alpha value is -0.370. The molecule has 0 aliphatic rings. The van der Waals surface area contributed by atoms with Crippen LogP contribution >= 0.6 is 0 Å². The van der Waals surface area contributed by atoms with Gasteiger partial charge in [-0.25, -0.2) is 0 Å². The number of ketones is 1. The summed E-state index contributed by atoms with van der Waals surface area (Å²) in [5.41, 5.74) is 0. The summed E-state index contributed by atoms with van der Waals surface area (Å²) < 4.78 is 0. The number of rotatable bonds is 16. The zero-order valence-corrected chi connectivity index (χ0v) is 13.7. The van der Waals surface area contributed by atoms with Crippen LogP contribution in [-0.2, 0) is 4.79 Å². The van der Waals surface area contributed by atoms with Crippen LogP contribution < -0.4 is 0 Å². The highest BCUT2D eigenvalue weighted by atomic mass is 16.2. The Balaban J connectivity index is 3.09. The van der Waals surface area contributed by atoms with E-state index in [4.69, 9.17) is 5.11 Å². The van der Waals surface area contributed by atoms with E-state index in [1.807, 2.05) is 0 Å². The molecule has 1 N–H and O–H groups in total. The molecule has 0 rings (SSSR count). The fourth-order valence-corrected chi connectivity index (χ4v) is 2.55. The molecule has 0 unspecified atom stereocenters. The number of unbranched alkanes of at least 4 members (excludes halogenated alkanes) is 11. The van der Waals surface area contributed by atoms with Crippen molar-refractivity contribution in [2.45, 2.75) is 103 Å². The summed E-state index contributed by atoms with van der Waals surface area (Å²) in [6.45, 7) is 2.54. The molecule has 0 bridgehead atoms. The highest BCUT2D eigenvalue weighted by Gasteiger charge is 2.01. The monoisotopic (exact) mass is 284 g/mol. The van der Waals surface area contributed by atoms with Crippen LogP contribution in [0.1, 0.15) is 103 Å². The number of carbonyl (C=O) groups is 1. The Morgan fingerprint density at radius 1 is 0.650 bits per heavy atom. The second-order valence-corrected chi connectivity index (χ2v) is 6.00. The molecule has 20 heavy (non-hydrogen) atoms. The first-order valence-electron chi connectivity index (χ1n) is 8.93. The van der Waals surface area contributed by atoms with Gasteiger partial charge in [0.05, 0.1) is 0 Å². The number of Topliss-reactive ketones (excluding diaryl/α,β-unsaturated/α-hetero) is 1. The molecular formula is C18H36O2. The lowest BCUT2D eigenvalue weighted by molar-refractivity contribution is -0.119. The van der Waals surface area contributed by atoms with E-state index in [0.717, 1.165) is 32.1 Å². The first kappa shape index (κ1) is 19.6. The average molecular weight is 284 g/mol. The van der Waals surface area contributed by atoms with Gasteiger partial charge in [-0.15, -0.1) is 0 Å². The molecule has 0 aliphatic carbocycles. The van der Waals surface area contributed by atoms with Gasteiger partial charge < -0.3 is 5.11 Å². The maximum atomic E-state index is 11.6. The molecule has 2 heteroatoms. The van der Waals surface area contributed by atoms with Crippen molar-refractivity contribution in [1.29, 1.82) is 0 Å². The number of hydrogen-bond donors (Lipinski definition) is 1. The molecule has 0 radical (unpaired) electrons. The maximum absolute atomic E-state index is 11.6. The van der Waals surface area contributed by atoms with Crippen molar-refractivity contribution >= 4 is 5.78 Å². The smallest absolute Gasteiger partial charge is 0.132 e. The standard InChI is InChI=1S/C18H36O2/c1-2-3-4-12-15-18(20)16-13-10-8-6-5-7-9-11-14-17-19/h19H,2-17H2,1H3. The Morgan fingerprint density at radius 3 is 1.50 bits per heavy atom. The third-order valence-corrected chi connectivity index (χ3v) is 3.92. The first-order valence-corrected chi connectivity index (χ1v) is 8.93. The molecule has 0 aliphatic heterocycles. The SMILES string of the molecule is CCCCCCC(=O)CCCCCCCCCCCO. The molecule has 0 aromatic heterocycles. The predicted molar refractivity (Wildman–Crippen MR) is 87.0 cm³/mol. The third kappa shape index (κ3) is 15.7. The third-order valence-electron chi connectivity index (χ3n) is 3.92. The Kier molecular flexibility index (Phi) is 16.4. The summed E-state index contributed by atoms with van der Waals surface area (Å²) in [7, 11) is 0. The zero-order chi connectivity index (χ0) is 14.9. The lowest BCUT2D eigenvalue weighted by Gasteiger charge is -2.03. The van der Waals surface area contributed by atoms with E-state index in [2.05, 4.69) is 6.92 Å². The summed E-state index contributed by atoms with van der Waals surface area (Å²) in [5, 5.41) is 8.66. The van der Waals surface area contributed by atoms with Gasteiger partial charge >= 0.3 is 0 Å². The highest BCUT2D eigenvalue weighted by molar-refractivity contribution is 5.78. The van der Waals surface area contributed by atoms with E-state index in [1.54, 1.807) is 0 Å². The number of carbonyl (C=O) groups excluding carboxylic acids is 1. The molecule has 2 nitrogen and oxygen atoms in total. The summed E-state index contributed by atoms with van der Waals surface area (Å²) in [6, 6.07) is 0. The minimum atomic E-state index is 0.340. The van der Waals surface area contributed by atoms with E-state index in [0.29, 0.717) is 12.4 Å². The summed E-state index contributed by atoms with van der Waals surface area (Å²) in [6.07, 6.45) is 17.4. The maximum Gasteiger partial charge on any atom is 0.132 e. The Morgan fingerprint density at radius 2 is 1.05 bits per heavy atom. The number of aliphatic hydroxyl groups is 1. The molecule has 0 heterocycles. The molecule has 0 atom stereocenters. The van der Waals surface area contributed by atoms with Gasteiger partial charge in [0.1, 0.15) is 5.78 Å². The van der Waals surface area contributed by atoms with Crippen LogP contribution in [0.25, 0.3) is 0 Å². The number of aliphatic hydroxyl groups excluding tert-OH is 1. The summed E-state index contributed by atoms with van der Waals surface area (Å²) in [5.74, 6) is 0.477. The van der Waals surface area contributed by atoms with Crippen molar-refractivity contribution in [2.75, 3.05) is 6.61 Å². The quantitative estimate of drug-likeness (QED) is 0.384. The summed E-state index contributed by atoms with van der Waals surface area (Å²) in [4.78, 5) is 11.6. The summed E-state index contributed by atoms with van der Waals surface area (Å²) >= 11 is 0. The molecule has 0 saturated carbocycles. The van der Waals surface area contributed by atoms with Crippen LogP contribution in [0.3, 0.4) is 0 Å². The lowest BCUT2D eigenvalue weighted by Crippen LogP contribution is -1.97. The topological polar surface area (TPSA) is 37.3 Å². The van der Waals surface area contributed by atoms with Gasteiger partial charge in [0, 0.05) is 19.4 Å². The minimum Gasteiger partial charge on any atom is -0.396 e. The highest BCUT2D eigenvalue weighted by Crippen LogP contribution is 2.12. The first-order chi connectivity index (χ1) is 9.81. The van der Waals surface area contributed by atoms with E-state index in [9.17, 15) is 4.79 Å². The molecule has 0 saturated heterocycles. The van der Waals surface area contributed by atoms with E-state index in [1.165, 1.54) is 64.2 Å². The van der Waals surface area contributed by atoms with Gasteiger partial charge in [0.2, 0.25) is 0 Å². The number of hydrogen-bond acceptors (Lipinski definition) is 2. The van der Waals surface area contributed by atoms with Crippen LogP contribution in [0, 0.1) is 0 Å². The van der Waals surface area contributed by atoms with Crippen LogP contribution in [0.5, 0.6) is 0 Å². The van der Waals surface area contributed by atoms with Gasteiger partial charge in [-0.3, -0.25) is 4.79 Å². The Bertz CT molecular complexity index is 202. The molecule has 0 amide bonds. The van der Waals surface area contributed by atoms with Gasteiger partial charge in [0.25, 0.3) is 0 Å². The predicted octanol–water partition coefficient (Wildman–Crippen LogP) is 5.42. The van der Waals surface area contributed by atoms with Crippen LogP contribution in [0.4, 0.5) is 0 Å². The Labute approximate surface area is 126 Å². The molecule has 120 valence electrons. The van der Waals surface area contributed by atoms with Gasteiger partial charge in [0.15, 0.2) is 0 Å². The van der Waals surface area contributed by atoms with E-state index < -0.39 is 0 Å².